The van der Waals surface area contributed by atoms with E-state index < -0.39 is 107 Å². The molecule has 0 unspecified atom stereocenters. The molecule has 36 heavy (non-hydrogen) atoms. The molecule has 2 saturated carbocycles. The Balaban J connectivity index is 1.68. The molecule has 12 heteroatoms. The van der Waals surface area contributed by atoms with Gasteiger partial charge in [0.15, 0.2) is 22.1 Å². The van der Waals surface area contributed by atoms with Crippen LogP contribution in [0.25, 0.3) is 11.2 Å². The Labute approximate surface area is 232 Å². The number of aliphatic hydroxyl groups is 3. The van der Waals surface area contributed by atoms with Crippen LogP contribution in [0.1, 0.15) is 68.4 Å². The van der Waals surface area contributed by atoms with E-state index in [0.29, 0.717) is 11.8 Å². The van der Waals surface area contributed by atoms with E-state index in [2.05, 4.69) is 25.6 Å². The summed E-state index contributed by atoms with van der Waals surface area (Å²) in [5.41, 5.74) is -3.87. The number of anilines is 1. The van der Waals surface area contributed by atoms with Gasteiger partial charge in [0.25, 0.3) is 0 Å². The summed E-state index contributed by atoms with van der Waals surface area (Å²) in [6, 6.07) is -6.67. The Bertz CT molecular complexity index is 1860. The molecule has 0 saturated heterocycles. The number of ether oxygens (including phenoxy) is 1. The van der Waals surface area contributed by atoms with E-state index in [1.807, 2.05) is 0 Å². The molecule has 0 spiro atoms. The van der Waals surface area contributed by atoms with Crippen molar-refractivity contribution in [3.8, 4) is 0 Å². The first-order chi connectivity index (χ1) is 22.6. The zero-order chi connectivity index (χ0) is 38.0. The molecule has 5 rings (SSSR count). The maximum absolute atomic E-state index is 14.8. The molecule has 2 aromatic heterocycles. The van der Waals surface area contributed by atoms with Crippen LogP contribution in [0.5, 0.6) is 0 Å². The van der Waals surface area contributed by atoms with Crippen LogP contribution in [0, 0.1) is 12.7 Å². The predicted molar refractivity (Wildman–Crippen MR) is 133 cm³/mol. The van der Waals surface area contributed by atoms with Crippen molar-refractivity contribution in [2.24, 2.45) is 0 Å². The van der Waals surface area contributed by atoms with Gasteiger partial charge in [-0.1, -0.05) is 36.0 Å². The lowest BCUT2D eigenvalue weighted by molar-refractivity contribution is -0.0629. The van der Waals surface area contributed by atoms with Crippen molar-refractivity contribution in [3.05, 3.63) is 35.1 Å². The lowest BCUT2D eigenvalue weighted by Gasteiger charge is -2.17. The maximum atomic E-state index is 14.8. The summed E-state index contributed by atoms with van der Waals surface area (Å²) >= 11 is 0.432. The number of rotatable bonds is 10. The van der Waals surface area contributed by atoms with Gasteiger partial charge in [-0.05, 0) is 36.9 Å². The highest BCUT2D eigenvalue weighted by atomic mass is 32.2. The van der Waals surface area contributed by atoms with E-state index in [-0.39, 0.29) is 28.9 Å². The van der Waals surface area contributed by atoms with Gasteiger partial charge in [0.2, 0.25) is 0 Å². The largest absolute Gasteiger partial charge is 0.394 e. The molecule has 6 atom stereocenters. The fourth-order valence-electron chi connectivity index (χ4n) is 3.38. The molecule has 1 aromatic carbocycles. The summed E-state index contributed by atoms with van der Waals surface area (Å²) in [5.74, 6) is -3.30. The molecule has 2 fully saturated rings. The van der Waals surface area contributed by atoms with E-state index in [1.165, 1.54) is 13.8 Å². The number of aromatic nitrogens is 5. The first-order valence-electron chi connectivity index (χ1n) is 17.7. The summed E-state index contributed by atoms with van der Waals surface area (Å²) in [6.45, 7) is -2.08. The smallest absolute Gasteiger partial charge is 0.191 e. The summed E-state index contributed by atoms with van der Waals surface area (Å²) in [5, 5.41) is 41.6. The van der Waals surface area contributed by atoms with Crippen molar-refractivity contribution in [1.29, 1.82) is 0 Å². The van der Waals surface area contributed by atoms with Crippen molar-refractivity contribution in [2.45, 2.75) is 74.4 Å². The molecule has 0 aliphatic heterocycles. The predicted octanol–water partition coefficient (Wildman–Crippen LogP) is 2.18. The van der Waals surface area contributed by atoms with E-state index in [4.69, 9.17) is 23.9 Å². The van der Waals surface area contributed by atoms with Crippen LogP contribution < -0.4 is 5.32 Å². The van der Waals surface area contributed by atoms with Crippen LogP contribution in [0.4, 0.5) is 10.2 Å². The van der Waals surface area contributed by atoms with Gasteiger partial charge in [-0.25, -0.2) is 19.0 Å². The standard InChI is InChI=1S/C24H31FN6O4S/c1-3-8-36-24-27-22(26-16-10-14(16)13-5-4-12(2)15(25)9-13)19-23(28-24)31(30-29-19)17-11-18(35-7-6-32)21(34)20(17)33/h4-5,9,14,16-18,20-21,32-34H,3,6-8,10-11H2,1-2H3,(H,26,27,28)/t14-,16+,17+,18-,20-,21+/m0/s1/i4D,5D,6D2,8D2,9D,11D2,14D,17D,18D,20D,21D. The minimum absolute atomic E-state index is 0.0921. The normalized spacial score (nSPS) is 45.7. The number of thioether (sulfide) groups is 1. The molecule has 0 bridgehead atoms. The number of nitrogens with zero attached hydrogens (tertiary/aromatic N) is 5. The number of nitrogens with one attached hydrogen (secondary N) is 1. The average Bonchev–Trinajstić information content (AvgIpc) is 3.42. The zero-order valence-electron chi connectivity index (χ0n) is 33.0. The minimum atomic E-state index is -4.10. The number of fused-ring (bicyclic) bond motifs is 1. The summed E-state index contributed by atoms with van der Waals surface area (Å²) in [6.07, 6.45) is -16.2. The second-order valence-corrected chi connectivity index (χ2v) is 8.55. The third-order valence-corrected chi connectivity index (χ3v) is 6.03. The van der Waals surface area contributed by atoms with Gasteiger partial charge in [0.05, 0.1) is 37.6 Å². The first kappa shape index (κ1) is 13.4. The minimum Gasteiger partial charge on any atom is -0.394 e. The molecular weight excluding hydrogens is 487 g/mol. The number of halogens is 1. The lowest BCUT2D eigenvalue weighted by atomic mass is 10.1. The average molecular weight is 533 g/mol. The summed E-state index contributed by atoms with van der Waals surface area (Å²) in [7, 11) is 0. The van der Waals surface area contributed by atoms with Crippen molar-refractivity contribution in [2.75, 3.05) is 24.2 Å². The SMILES string of the molecule is [2H]c1c([2H])c([C@]2([2H])C[C@H]2Nc2nc(SC([2H])([2H])CC)nc3c2nnn3[C@]2([2H])C([2H])([2H])[C@]([2H])(OCC([2H])([2H])O)[C@@]([2H])(O)[C@@]2([2H])O)c([2H])c(F)c1C. The highest BCUT2D eigenvalue weighted by molar-refractivity contribution is 7.99. The first-order valence-corrected chi connectivity index (χ1v) is 11.5. The van der Waals surface area contributed by atoms with Gasteiger partial charge in [0.1, 0.15) is 18.0 Å². The van der Waals surface area contributed by atoms with E-state index >= 15 is 0 Å². The van der Waals surface area contributed by atoms with E-state index in [9.17, 15) is 19.7 Å². The molecule has 2 aliphatic carbocycles. The molecule has 0 radical (unpaired) electrons. The number of benzene rings is 1. The zero-order valence-corrected chi connectivity index (χ0v) is 19.8. The van der Waals surface area contributed by atoms with Crippen LogP contribution in [0.3, 0.4) is 0 Å². The van der Waals surface area contributed by atoms with Gasteiger partial charge >= 0.3 is 0 Å². The van der Waals surface area contributed by atoms with Crippen LogP contribution in [-0.4, -0.2) is 83.4 Å². The molecule has 4 N–H and O–H groups in total. The molecular formula is C24H31FN6O4S. The summed E-state index contributed by atoms with van der Waals surface area (Å²) in [4.78, 5) is 8.35. The lowest BCUT2D eigenvalue weighted by Crippen LogP contribution is -2.33. The molecule has 0 amide bonds. The molecule has 2 heterocycles. The Morgan fingerprint density at radius 2 is 2.22 bits per heavy atom. The van der Waals surface area contributed by atoms with Gasteiger partial charge in [-0.2, -0.15) is 0 Å². The fraction of sp³-hybridized carbons (Fsp3) is 0.583. The van der Waals surface area contributed by atoms with E-state index in [0.717, 1.165) is 0 Å². The van der Waals surface area contributed by atoms with E-state index in [1.54, 1.807) is 0 Å². The van der Waals surface area contributed by atoms with Crippen LogP contribution in [-0.2, 0) is 4.74 Å². The third-order valence-electron chi connectivity index (χ3n) is 5.23. The van der Waals surface area contributed by atoms with Crippen molar-refractivity contribution < 1.29 is 43.6 Å². The quantitative estimate of drug-likeness (QED) is 0.227. The maximum Gasteiger partial charge on any atom is 0.191 e. The van der Waals surface area contributed by atoms with Crippen LogP contribution >= 0.6 is 11.8 Å². The second kappa shape index (κ2) is 10.5. The highest BCUT2D eigenvalue weighted by Gasteiger charge is 2.45. The number of hydrogen-bond donors (Lipinski definition) is 4. The molecule has 2 aliphatic rings. The summed E-state index contributed by atoms with van der Waals surface area (Å²) < 4.78 is 136. The Morgan fingerprint density at radius 1 is 1.39 bits per heavy atom. The Kier molecular flexibility index (Phi) is 3.93. The van der Waals surface area contributed by atoms with Gasteiger partial charge in [-0.15, -0.1) is 5.10 Å². The molecule has 194 valence electrons. The van der Waals surface area contributed by atoms with Gasteiger partial charge < -0.3 is 25.4 Å². The third kappa shape index (κ3) is 4.92. The van der Waals surface area contributed by atoms with Crippen LogP contribution in [0.15, 0.2) is 23.3 Å². The Hall–Kier alpha value is -2.38. The topological polar surface area (TPSA) is 138 Å². The number of hydrogen-bond acceptors (Lipinski definition) is 10. The highest BCUT2D eigenvalue weighted by Crippen LogP contribution is 2.44. The second-order valence-electron chi connectivity index (χ2n) is 7.69. The fourth-order valence-corrected chi connectivity index (χ4v) is 3.93. The monoisotopic (exact) mass is 532 g/mol. The molecule has 10 nitrogen and oxygen atoms in total. The van der Waals surface area contributed by atoms with Crippen molar-refractivity contribution >= 4 is 28.7 Å². The van der Waals surface area contributed by atoms with Crippen LogP contribution in [0.2, 0.25) is 0 Å². The van der Waals surface area contributed by atoms with Gasteiger partial charge in [-0.3, -0.25) is 0 Å². The van der Waals surface area contributed by atoms with Crippen molar-refractivity contribution in [1.82, 2.24) is 25.0 Å². The van der Waals surface area contributed by atoms with Gasteiger partial charge in [0, 0.05) is 30.9 Å². The molecule has 3 aromatic rings. The van der Waals surface area contributed by atoms with Crippen molar-refractivity contribution in [3.63, 3.8) is 0 Å². The Morgan fingerprint density at radius 3 is 3.00 bits per heavy atom.